The number of hydrogen-bond acceptors (Lipinski definition) is 5. The molecule has 0 saturated carbocycles. The fourth-order valence-electron chi connectivity index (χ4n) is 3.68. The first-order chi connectivity index (χ1) is 17.7. The van der Waals surface area contributed by atoms with Crippen molar-refractivity contribution in [2.45, 2.75) is 6.18 Å². The lowest BCUT2D eigenvalue weighted by Crippen LogP contribution is -2.15. The molecule has 186 valence electrons. The second-order valence-corrected chi connectivity index (χ2v) is 7.83. The van der Waals surface area contributed by atoms with Crippen molar-refractivity contribution in [3.8, 4) is 11.3 Å². The van der Waals surface area contributed by atoms with Gasteiger partial charge < -0.3 is 15.6 Å². The van der Waals surface area contributed by atoms with Gasteiger partial charge >= 0.3 is 6.18 Å². The molecule has 0 unspecified atom stereocenters. The number of benzene rings is 2. The van der Waals surface area contributed by atoms with Gasteiger partial charge in [0.05, 0.1) is 22.6 Å². The maximum atomic E-state index is 14.7. The van der Waals surface area contributed by atoms with Crippen molar-refractivity contribution < 1.29 is 26.7 Å². The van der Waals surface area contributed by atoms with Gasteiger partial charge in [-0.05, 0) is 42.5 Å². The summed E-state index contributed by atoms with van der Waals surface area (Å²) in [6, 6.07) is 10.3. The molecule has 1 amide bonds. The van der Waals surface area contributed by atoms with Gasteiger partial charge in [0.25, 0.3) is 5.91 Å². The molecule has 7 nitrogen and oxygen atoms in total. The quantitative estimate of drug-likeness (QED) is 0.241. The van der Waals surface area contributed by atoms with E-state index in [1.54, 1.807) is 24.4 Å². The third kappa shape index (κ3) is 4.81. The number of aromatic amines is 1. The van der Waals surface area contributed by atoms with Crippen LogP contribution in [0.15, 0.2) is 73.3 Å². The van der Waals surface area contributed by atoms with Crippen LogP contribution in [0.4, 0.5) is 39.1 Å². The Balaban J connectivity index is 1.47. The van der Waals surface area contributed by atoms with Gasteiger partial charge in [-0.1, -0.05) is 6.07 Å². The molecule has 5 rings (SSSR count). The molecule has 3 N–H and O–H groups in total. The summed E-state index contributed by atoms with van der Waals surface area (Å²) >= 11 is 0. The molecule has 0 bridgehead atoms. The lowest BCUT2D eigenvalue weighted by atomic mass is 10.1. The van der Waals surface area contributed by atoms with Gasteiger partial charge in [0.15, 0.2) is 0 Å². The molecule has 5 aromatic rings. The molecule has 3 aromatic heterocycles. The van der Waals surface area contributed by atoms with Gasteiger partial charge in [0, 0.05) is 35.0 Å². The van der Waals surface area contributed by atoms with Gasteiger partial charge in [0.1, 0.15) is 29.4 Å². The summed E-state index contributed by atoms with van der Waals surface area (Å²) in [6.45, 7) is 0. The molecule has 0 saturated heterocycles. The van der Waals surface area contributed by atoms with Crippen LogP contribution in [-0.2, 0) is 6.18 Å². The van der Waals surface area contributed by atoms with Gasteiger partial charge in [-0.3, -0.25) is 4.79 Å². The number of anilines is 3. The monoisotopic (exact) mass is 510 g/mol. The molecule has 0 radical (unpaired) electrons. The summed E-state index contributed by atoms with van der Waals surface area (Å²) in [6.07, 6.45) is -0.167. The zero-order chi connectivity index (χ0) is 26.2. The van der Waals surface area contributed by atoms with Crippen molar-refractivity contribution in [3.63, 3.8) is 0 Å². The minimum Gasteiger partial charge on any atom is -0.346 e. The van der Waals surface area contributed by atoms with E-state index < -0.39 is 35.0 Å². The Bertz CT molecular complexity index is 1630. The van der Waals surface area contributed by atoms with Crippen LogP contribution in [0.25, 0.3) is 22.3 Å². The summed E-state index contributed by atoms with van der Waals surface area (Å²) in [5.74, 6) is -2.92. The third-order valence-corrected chi connectivity index (χ3v) is 5.43. The van der Waals surface area contributed by atoms with Gasteiger partial charge in [-0.2, -0.15) is 13.2 Å². The minimum absolute atomic E-state index is 0.185. The van der Waals surface area contributed by atoms with E-state index in [0.717, 1.165) is 24.3 Å². The second-order valence-electron chi connectivity index (χ2n) is 7.83. The van der Waals surface area contributed by atoms with Crippen molar-refractivity contribution in [1.29, 1.82) is 0 Å². The Labute approximate surface area is 205 Å². The standard InChI is InChI=1S/C25H15F5N6O/c26-17-10-18(27)20(36-24(37)13-3-1-4-14(9-13)25(28,29)30)11-19(17)35-23-15(5-2-7-31-23)21-16-6-8-32-22(16)34-12-33-21/h1-12H,(H,31,35)(H,36,37)(H,32,33,34). The van der Waals surface area contributed by atoms with Crippen LogP contribution in [0.2, 0.25) is 0 Å². The lowest BCUT2D eigenvalue weighted by Gasteiger charge is -2.14. The predicted molar refractivity (Wildman–Crippen MR) is 126 cm³/mol. The highest BCUT2D eigenvalue weighted by Gasteiger charge is 2.31. The molecule has 0 spiro atoms. The average Bonchev–Trinajstić information content (AvgIpc) is 3.36. The number of hydrogen-bond donors (Lipinski definition) is 3. The summed E-state index contributed by atoms with van der Waals surface area (Å²) in [5, 5.41) is 5.66. The van der Waals surface area contributed by atoms with Crippen LogP contribution in [0, 0.1) is 11.6 Å². The van der Waals surface area contributed by atoms with E-state index in [9.17, 15) is 26.7 Å². The smallest absolute Gasteiger partial charge is 0.346 e. The highest BCUT2D eigenvalue weighted by Crippen LogP contribution is 2.34. The number of alkyl halides is 3. The number of amides is 1. The van der Waals surface area contributed by atoms with E-state index in [1.807, 2.05) is 0 Å². The maximum absolute atomic E-state index is 14.7. The van der Waals surface area contributed by atoms with E-state index in [-0.39, 0.29) is 17.1 Å². The molecular weight excluding hydrogens is 495 g/mol. The summed E-state index contributed by atoms with van der Waals surface area (Å²) < 4.78 is 68.2. The molecule has 2 aromatic carbocycles. The highest BCUT2D eigenvalue weighted by atomic mass is 19.4. The van der Waals surface area contributed by atoms with Crippen molar-refractivity contribution in [3.05, 3.63) is 96.1 Å². The number of pyridine rings is 1. The Morgan fingerprint density at radius 2 is 1.70 bits per heavy atom. The number of carbonyl (C=O) groups excluding carboxylic acids is 1. The van der Waals surface area contributed by atoms with E-state index in [0.29, 0.717) is 34.4 Å². The molecule has 3 heterocycles. The number of aromatic nitrogens is 4. The van der Waals surface area contributed by atoms with Crippen molar-refractivity contribution in [2.75, 3.05) is 10.6 Å². The van der Waals surface area contributed by atoms with Crippen LogP contribution in [0.5, 0.6) is 0 Å². The van der Waals surface area contributed by atoms with E-state index >= 15 is 0 Å². The molecule has 0 aliphatic rings. The first-order valence-corrected chi connectivity index (χ1v) is 10.7. The van der Waals surface area contributed by atoms with E-state index in [2.05, 4.69) is 30.6 Å². The zero-order valence-corrected chi connectivity index (χ0v) is 18.6. The number of carbonyl (C=O) groups is 1. The Kier molecular flexibility index (Phi) is 5.99. The van der Waals surface area contributed by atoms with E-state index in [1.165, 1.54) is 12.5 Å². The SMILES string of the molecule is O=C(Nc1cc(Nc2ncccc2-c2ncnc3[nH]ccc23)c(F)cc1F)c1cccc(C(F)(F)F)c1. The average molecular weight is 510 g/mol. The van der Waals surface area contributed by atoms with Crippen molar-refractivity contribution in [2.24, 2.45) is 0 Å². The van der Waals surface area contributed by atoms with Crippen molar-refractivity contribution in [1.82, 2.24) is 19.9 Å². The van der Waals surface area contributed by atoms with Crippen LogP contribution in [0.1, 0.15) is 15.9 Å². The number of nitrogens with one attached hydrogen (secondary N) is 3. The molecule has 12 heteroatoms. The Morgan fingerprint density at radius 1 is 0.892 bits per heavy atom. The maximum Gasteiger partial charge on any atom is 0.416 e. The normalized spacial score (nSPS) is 11.5. The van der Waals surface area contributed by atoms with Crippen LogP contribution < -0.4 is 10.6 Å². The summed E-state index contributed by atoms with van der Waals surface area (Å²) in [5.41, 5.74) is -0.494. The van der Waals surface area contributed by atoms with Gasteiger partial charge in [-0.15, -0.1) is 0 Å². The number of halogens is 5. The summed E-state index contributed by atoms with van der Waals surface area (Å²) in [7, 11) is 0. The molecule has 0 fully saturated rings. The van der Waals surface area contributed by atoms with E-state index in [4.69, 9.17) is 0 Å². The van der Waals surface area contributed by atoms with Crippen LogP contribution >= 0.6 is 0 Å². The summed E-state index contributed by atoms with van der Waals surface area (Å²) in [4.78, 5) is 28.2. The fraction of sp³-hybridized carbons (Fsp3) is 0.0400. The first kappa shape index (κ1) is 23.9. The largest absolute Gasteiger partial charge is 0.416 e. The first-order valence-electron chi connectivity index (χ1n) is 10.7. The number of rotatable bonds is 5. The topological polar surface area (TPSA) is 95.6 Å². The molecule has 0 aliphatic carbocycles. The van der Waals surface area contributed by atoms with Crippen LogP contribution in [-0.4, -0.2) is 25.8 Å². The van der Waals surface area contributed by atoms with Gasteiger partial charge in [-0.25, -0.2) is 23.7 Å². The minimum atomic E-state index is -4.66. The Morgan fingerprint density at radius 3 is 2.51 bits per heavy atom. The predicted octanol–water partition coefficient (Wildman–Crippen LogP) is 6.31. The van der Waals surface area contributed by atoms with Crippen LogP contribution in [0.3, 0.4) is 0 Å². The fourth-order valence-corrected chi connectivity index (χ4v) is 3.68. The number of H-pyrrole nitrogens is 1. The zero-order valence-electron chi connectivity index (χ0n) is 18.6. The Hall–Kier alpha value is -4.87. The van der Waals surface area contributed by atoms with Crippen molar-refractivity contribution >= 4 is 34.1 Å². The number of nitrogens with zero attached hydrogens (tertiary/aromatic N) is 3. The molecule has 0 atom stereocenters. The molecular formula is C25H15F5N6O. The number of fused-ring (bicyclic) bond motifs is 1. The lowest BCUT2D eigenvalue weighted by molar-refractivity contribution is -0.137. The highest BCUT2D eigenvalue weighted by molar-refractivity contribution is 6.04. The second kappa shape index (κ2) is 9.30. The molecule has 37 heavy (non-hydrogen) atoms. The van der Waals surface area contributed by atoms with Gasteiger partial charge in [0.2, 0.25) is 0 Å². The third-order valence-electron chi connectivity index (χ3n) is 5.43. The molecule has 0 aliphatic heterocycles.